The monoisotopic (exact) mass is 266 g/mol. The van der Waals surface area contributed by atoms with Crippen LogP contribution in [-0.2, 0) is 21.1 Å². The molecule has 4 nitrogen and oxygen atoms in total. The molecule has 0 saturated heterocycles. The highest BCUT2D eigenvalue weighted by Gasteiger charge is 2.24. The summed E-state index contributed by atoms with van der Waals surface area (Å²) in [7, 11) is -3.19. The highest BCUT2D eigenvalue weighted by atomic mass is 32.2. The van der Waals surface area contributed by atoms with E-state index >= 15 is 0 Å². The van der Waals surface area contributed by atoms with E-state index < -0.39 is 9.84 Å². The van der Waals surface area contributed by atoms with E-state index in [1.54, 1.807) is 6.07 Å². The van der Waals surface area contributed by atoms with Crippen molar-refractivity contribution in [3.63, 3.8) is 0 Å². The third kappa shape index (κ3) is 2.51. The molecule has 0 spiro atoms. The molecule has 0 saturated carbocycles. The molecule has 0 fully saturated rings. The van der Waals surface area contributed by atoms with Crippen molar-refractivity contribution in [3.05, 3.63) is 29.3 Å². The Hall–Kier alpha value is -1.49. The highest BCUT2D eigenvalue weighted by Crippen LogP contribution is 2.26. The predicted molar refractivity (Wildman–Crippen MR) is 66.4 cm³/mol. The van der Waals surface area contributed by atoms with Crippen molar-refractivity contribution < 1.29 is 18.0 Å². The molecule has 0 atom stereocenters. The molecule has 2 rings (SSSR count). The van der Waals surface area contributed by atoms with Crippen LogP contribution in [0.3, 0.4) is 0 Å². The topological polar surface area (TPSA) is 68.3 Å². The molecule has 0 amide bonds. The molecule has 1 aliphatic heterocycles. The summed E-state index contributed by atoms with van der Waals surface area (Å²) in [6.45, 7) is 1.36. The Balaban J connectivity index is 2.39. The zero-order valence-corrected chi connectivity index (χ0v) is 10.9. The van der Waals surface area contributed by atoms with Crippen LogP contribution in [0.5, 0.6) is 0 Å². The molecule has 5 heteroatoms. The standard InChI is InChI=1S/C13H14O4S/c1-9(14)7-12(15)10-4-5-13-11(8-10)3-2-6-18(13,16)17/h4-5,8H,2-3,6-7H2,1H3. The van der Waals surface area contributed by atoms with Gasteiger partial charge in [0.1, 0.15) is 5.78 Å². The summed E-state index contributed by atoms with van der Waals surface area (Å²) in [4.78, 5) is 23.0. The first-order valence-corrected chi connectivity index (χ1v) is 7.44. The minimum absolute atomic E-state index is 0.133. The van der Waals surface area contributed by atoms with Gasteiger partial charge in [-0.1, -0.05) is 6.07 Å². The molecule has 1 aliphatic rings. The Kier molecular flexibility index (Phi) is 3.34. The zero-order chi connectivity index (χ0) is 13.3. The van der Waals surface area contributed by atoms with Gasteiger partial charge in [0, 0.05) is 5.56 Å². The minimum atomic E-state index is -3.19. The van der Waals surface area contributed by atoms with Crippen LogP contribution >= 0.6 is 0 Å². The number of benzene rings is 1. The summed E-state index contributed by atoms with van der Waals surface area (Å²) in [5.74, 6) is -0.278. The smallest absolute Gasteiger partial charge is 0.178 e. The van der Waals surface area contributed by atoms with Gasteiger partial charge in [-0.05, 0) is 37.5 Å². The fourth-order valence-corrected chi connectivity index (χ4v) is 3.72. The van der Waals surface area contributed by atoms with Crippen molar-refractivity contribution in [2.75, 3.05) is 5.75 Å². The second-order valence-corrected chi connectivity index (χ2v) is 6.62. The van der Waals surface area contributed by atoms with Gasteiger partial charge in [0.25, 0.3) is 0 Å². The maximum Gasteiger partial charge on any atom is 0.178 e. The molecule has 0 aromatic heterocycles. The van der Waals surface area contributed by atoms with E-state index in [0.29, 0.717) is 28.9 Å². The molecule has 96 valence electrons. The van der Waals surface area contributed by atoms with Crippen molar-refractivity contribution in [2.45, 2.75) is 31.1 Å². The fourth-order valence-electron chi connectivity index (χ4n) is 2.14. The van der Waals surface area contributed by atoms with E-state index in [-0.39, 0.29) is 23.7 Å². The zero-order valence-electron chi connectivity index (χ0n) is 10.1. The summed E-state index contributed by atoms with van der Waals surface area (Å²) in [6.07, 6.45) is 1.11. The largest absolute Gasteiger partial charge is 0.300 e. The lowest BCUT2D eigenvalue weighted by Gasteiger charge is -2.16. The van der Waals surface area contributed by atoms with E-state index in [1.807, 2.05) is 0 Å². The third-order valence-electron chi connectivity index (χ3n) is 2.99. The lowest BCUT2D eigenvalue weighted by atomic mass is 10.0. The third-order valence-corrected chi connectivity index (χ3v) is 4.88. The van der Waals surface area contributed by atoms with Crippen LogP contribution in [0.25, 0.3) is 0 Å². The number of carbonyl (C=O) groups excluding carboxylic acids is 2. The first-order valence-electron chi connectivity index (χ1n) is 5.78. The number of sulfone groups is 1. The average Bonchev–Trinajstić information content (AvgIpc) is 2.27. The second kappa shape index (κ2) is 4.65. The van der Waals surface area contributed by atoms with Crippen LogP contribution in [0.1, 0.15) is 35.7 Å². The van der Waals surface area contributed by atoms with Gasteiger partial charge in [0.15, 0.2) is 15.6 Å². The van der Waals surface area contributed by atoms with E-state index in [1.165, 1.54) is 19.1 Å². The Morgan fingerprint density at radius 1 is 1.28 bits per heavy atom. The van der Waals surface area contributed by atoms with Crippen LogP contribution < -0.4 is 0 Å². The molecule has 0 aliphatic carbocycles. The van der Waals surface area contributed by atoms with Crippen LogP contribution in [0.2, 0.25) is 0 Å². The summed E-state index contributed by atoms with van der Waals surface area (Å²) < 4.78 is 23.6. The number of aryl methyl sites for hydroxylation is 1. The van der Waals surface area contributed by atoms with Gasteiger partial charge in [0.05, 0.1) is 17.1 Å². The van der Waals surface area contributed by atoms with Crippen LogP contribution in [-0.4, -0.2) is 25.7 Å². The summed E-state index contributed by atoms with van der Waals surface area (Å²) in [5.41, 5.74) is 1.11. The molecule has 0 N–H and O–H groups in total. The predicted octanol–water partition coefficient (Wildman–Crippen LogP) is 1.57. The van der Waals surface area contributed by atoms with Gasteiger partial charge in [-0.25, -0.2) is 8.42 Å². The number of Topliss-reactive ketones (excluding diaryl/α,β-unsaturated/α-hetero) is 2. The van der Waals surface area contributed by atoms with Gasteiger partial charge in [-0.2, -0.15) is 0 Å². The first kappa shape index (κ1) is 13.0. The molecule has 1 aromatic carbocycles. The normalized spacial score (nSPS) is 16.9. The van der Waals surface area contributed by atoms with Gasteiger partial charge >= 0.3 is 0 Å². The number of hydrogen-bond donors (Lipinski definition) is 0. The lowest BCUT2D eigenvalue weighted by Crippen LogP contribution is -2.17. The molecule has 18 heavy (non-hydrogen) atoms. The summed E-state index contributed by atoms with van der Waals surface area (Å²) in [5, 5.41) is 0. The van der Waals surface area contributed by atoms with Gasteiger partial charge in [-0.15, -0.1) is 0 Å². The second-order valence-electron chi connectivity index (χ2n) is 4.55. The average molecular weight is 266 g/mol. The summed E-state index contributed by atoms with van der Waals surface area (Å²) >= 11 is 0. The molecular formula is C13H14O4S. The van der Waals surface area contributed by atoms with Crippen molar-refractivity contribution in [1.29, 1.82) is 0 Å². The van der Waals surface area contributed by atoms with Crippen molar-refractivity contribution in [1.82, 2.24) is 0 Å². The molecule has 0 bridgehead atoms. The van der Waals surface area contributed by atoms with Crippen molar-refractivity contribution >= 4 is 21.4 Å². The molecule has 1 heterocycles. The number of ketones is 2. The molecular weight excluding hydrogens is 252 g/mol. The minimum Gasteiger partial charge on any atom is -0.300 e. The molecule has 0 radical (unpaired) electrons. The van der Waals surface area contributed by atoms with E-state index in [9.17, 15) is 18.0 Å². The highest BCUT2D eigenvalue weighted by molar-refractivity contribution is 7.91. The number of carbonyl (C=O) groups is 2. The maximum atomic E-state index is 11.8. The number of fused-ring (bicyclic) bond motifs is 1. The van der Waals surface area contributed by atoms with E-state index in [0.717, 1.165) is 0 Å². The quantitative estimate of drug-likeness (QED) is 0.615. The van der Waals surface area contributed by atoms with Crippen LogP contribution in [0.15, 0.2) is 23.1 Å². The van der Waals surface area contributed by atoms with E-state index in [4.69, 9.17) is 0 Å². The van der Waals surface area contributed by atoms with Crippen molar-refractivity contribution in [2.24, 2.45) is 0 Å². The molecule has 0 unspecified atom stereocenters. The first-order chi connectivity index (χ1) is 8.40. The van der Waals surface area contributed by atoms with Gasteiger partial charge < -0.3 is 0 Å². The SMILES string of the molecule is CC(=O)CC(=O)c1ccc2c(c1)CCCS2(=O)=O. The maximum absolute atomic E-state index is 11.8. The van der Waals surface area contributed by atoms with Crippen molar-refractivity contribution in [3.8, 4) is 0 Å². The Bertz CT molecular complexity index is 614. The summed E-state index contributed by atoms with van der Waals surface area (Å²) in [6, 6.07) is 4.58. The Labute approximate surface area is 106 Å². The van der Waals surface area contributed by atoms with Gasteiger partial charge in [-0.3, -0.25) is 9.59 Å². The molecule has 1 aromatic rings. The lowest BCUT2D eigenvalue weighted by molar-refractivity contribution is -0.116. The Morgan fingerprint density at radius 2 is 2.00 bits per heavy atom. The number of rotatable bonds is 3. The number of hydrogen-bond acceptors (Lipinski definition) is 4. The van der Waals surface area contributed by atoms with Crippen LogP contribution in [0.4, 0.5) is 0 Å². The van der Waals surface area contributed by atoms with E-state index in [2.05, 4.69) is 0 Å². The Morgan fingerprint density at radius 3 is 2.67 bits per heavy atom. The van der Waals surface area contributed by atoms with Gasteiger partial charge in [0.2, 0.25) is 0 Å². The fraction of sp³-hybridized carbons (Fsp3) is 0.385. The van der Waals surface area contributed by atoms with Crippen LogP contribution in [0, 0.1) is 0 Å².